The van der Waals surface area contributed by atoms with Gasteiger partial charge in [-0.2, -0.15) is 0 Å². The van der Waals surface area contributed by atoms with Gasteiger partial charge in [0.25, 0.3) is 0 Å². The molecule has 1 aromatic rings. The normalized spacial score (nSPS) is 26.2. The van der Waals surface area contributed by atoms with Gasteiger partial charge in [-0.3, -0.25) is 0 Å². The third kappa shape index (κ3) is 3.98. The van der Waals surface area contributed by atoms with Crippen LogP contribution in [-0.2, 0) is 16.0 Å². The maximum absolute atomic E-state index is 12.7. The van der Waals surface area contributed by atoms with Gasteiger partial charge >= 0.3 is 12.1 Å². The molecule has 1 N–H and O–H groups in total. The summed E-state index contributed by atoms with van der Waals surface area (Å²) in [7, 11) is 0. The Morgan fingerprint density at radius 2 is 2.00 bits per heavy atom. The molecule has 1 amide bonds. The van der Waals surface area contributed by atoms with Crippen LogP contribution in [0.3, 0.4) is 0 Å². The second-order valence-electron chi connectivity index (χ2n) is 7.64. The van der Waals surface area contributed by atoms with Crippen LogP contribution in [0.5, 0.6) is 0 Å². The van der Waals surface area contributed by atoms with Crippen LogP contribution in [-0.4, -0.2) is 41.3 Å². The summed E-state index contributed by atoms with van der Waals surface area (Å²) in [6.45, 7) is 4.36. The van der Waals surface area contributed by atoms with Gasteiger partial charge in [0.2, 0.25) is 0 Å². The lowest BCUT2D eigenvalue weighted by atomic mass is 9.64. The quantitative estimate of drug-likeness (QED) is 0.469. The minimum atomic E-state index is -0.940. The van der Waals surface area contributed by atoms with Crippen LogP contribution in [0.15, 0.2) is 53.6 Å². The number of likely N-dealkylation sites (tertiary alicyclic amines) is 1. The van der Waals surface area contributed by atoms with Crippen molar-refractivity contribution >= 4 is 12.1 Å². The minimum Gasteiger partial charge on any atom is -0.465 e. The van der Waals surface area contributed by atoms with Crippen LogP contribution in [0.1, 0.15) is 45.1 Å². The Balaban J connectivity index is 2.12. The average molecular weight is 383 g/mol. The third-order valence-corrected chi connectivity index (χ3v) is 5.98. The molecule has 1 aromatic carbocycles. The van der Waals surface area contributed by atoms with Gasteiger partial charge in [0.15, 0.2) is 0 Å². The van der Waals surface area contributed by atoms with Crippen molar-refractivity contribution < 1.29 is 19.4 Å². The van der Waals surface area contributed by atoms with E-state index in [4.69, 9.17) is 4.74 Å². The first-order valence-electron chi connectivity index (χ1n) is 10.1. The highest BCUT2D eigenvalue weighted by Gasteiger charge is 2.46. The summed E-state index contributed by atoms with van der Waals surface area (Å²) < 4.78 is 5.30. The number of hydrogen-bond donors (Lipinski definition) is 1. The van der Waals surface area contributed by atoms with E-state index >= 15 is 0 Å². The van der Waals surface area contributed by atoms with Gasteiger partial charge in [-0.1, -0.05) is 42.5 Å². The number of ether oxygens (including phenoxy) is 1. The van der Waals surface area contributed by atoms with E-state index in [-0.39, 0.29) is 17.4 Å². The average Bonchev–Trinajstić information content (AvgIpc) is 2.69. The number of esters is 1. The maximum atomic E-state index is 12.7. The van der Waals surface area contributed by atoms with Gasteiger partial charge < -0.3 is 14.7 Å². The molecule has 0 aromatic heterocycles. The minimum absolute atomic E-state index is 0.263. The fourth-order valence-corrected chi connectivity index (χ4v) is 4.71. The lowest BCUT2D eigenvalue weighted by Crippen LogP contribution is -2.52. The monoisotopic (exact) mass is 383 g/mol. The van der Waals surface area contributed by atoms with Crippen LogP contribution in [0.25, 0.3) is 0 Å². The summed E-state index contributed by atoms with van der Waals surface area (Å²) in [6, 6.07) is 9.51. The summed E-state index contributed by atoms with van der Waals surface area (Å²) in [5, 5.41) is 9.88. The Morgan fingerprint density at radius 3 is 2.61 bits per heavy atom. The zero-order chi connectivity index (χ0) is 20.1. The Kier molecular flexibility index (Phi) is 6.22. The van der Waals surface area contributed by atoms with E-state index in [0.717, 1.165) is 30.4 Å². The van der Waals surface area contributed by atoms with Crippen LogP contribution >= 0.6 is 0 Å². The number of carboxylic acid groups (broad SMARTS) is 1. The fraction of sp³-hybridized carbons (Fsp3) is 0.478. The van der Waals surface area contributed by atoms with Crippen LogP contribution in [0, 0.1) is 5.41 Å². The highest BCUT2D eigenvalue weighted by atomic mass is 16.5. The molecule has 2 aliphatic rings. The molecule has 1 fully saturated rings. The van der Waals surface area contributed by atoms with Gasteiger partial charge in [0, 0.05) is 17.5 Å². The fourth-order valence-electron chi connectivity index (χ4n) is 4.71. The van der Waals surface area contributed by atoms with E-state index in [1.165, 1.54) is 4.90 Å². The first-order chi connectivity index (χ1) is 13.5. The van der Waals surface area contributed by atoms with Gasteiger partial charge in [-0.15, -0.1) is 0 Å². The molecule has 0 radical (unpaired) electrons. The molecular formula is C23H29NO4. The highest BCUT2D eigenvalue weighted by molar-refractivity contribution is 5.89. The smallest absolute Gasteiger partial charge is 0.407 e. The molecule has 0 bridgehead atoms. The number of carbonyl (C=O) groups excluding carboxylic acids is 1. The number of piperidine rings is 1. The number of amides is 1. The Morgan fingerprint density at radius 1 is 1.25 bits per heavy atom. The number of hydrogen-bond acceptors (Lipinski definition) is 3. The molecule has 2 atom stereocenters. The Bertz CT molecular complexity index is 783. The largest absolute Gasteiger partial charge is 0.465 e. The molecule has 5 nitrogen and oxygen atoms in total. The molecule has 28 heavy (non-hydrogen) atoms. The molecule has 1 heterocycles. The van der Waals surface area contributed by atoms with E-state index in [2.05, 4.69) is 12.2 Å². The van der Waals surface area contributed by atoms with E-state index < -0.39 is 6.09 Å². The maximum Gasteiger partial charge on any atom is 0.407 e. The van der Waals surface area contributed by atoms with Crippen LogP contribution in [0.2, 0.25) is 0 Å². The van der Waals surface area contributed by atoms with Crippen molar-refractivity contribution in [2.24, 2.45) is 5.41 Å². The topological polar surface area (TPSA) is 66.8 Å². The number of rotatable bonds is 4. The molecule has 0 saturated carbocycles. The standard InChI is InChI=1S/C23H29NO4/c1-3-28-21(25)17(2)20-19(16-18-10-6-4-7-11-18)24(22(26)27)15-14-23(20)12-8-5-9-13-23/h4,6-8,10-12,19H,3,5,9,13-16H2,1-2H3,(H,26,27). The molecule has 2 unspecified atom stereocenters. The first kappa shape index (κ1) is 20.2. The zero-order valence-corrected chi connectivity index (χ0v) is 16.7. The molecule has 1 aliphatic carbocycles. The van der Waals surface area contributed by atoms with Crippen molar-refractivity contribution in [3.63, 3.8) is 0 Å². The van der Waals surface area contributed by atoms with Crippen molar-refractivity contribution in [2.45, 2.75) is 52.0 Å². The number of carbonyl (C=O) groups is 2. The second-order valence-corrected chi connectivity index (χ2v) is 7.64. The predicted octanol–water partition coefficient (Wildman–Crippen LogP) is 4.59. The lowest BCUT2D eigenvalue weighted by Gasteiger charge is -2.49. The molecule has 3 rings (SSSR count). The summed E-state index contributed by atoms with van der Waals surface area (Å²) in [6.07, 6.45) is 7.71. The van der Waals surface area contributed by atoms with Gasteiger partial charge in [0.1, 0.15) is 0 Å². The summed E-state index contributed by atoms with van der Waals surface area (Å²) in [4.78, 5) is 26.2. The number of nitrogens with zero attached hydrogens (tertiary/aromatic N) is 1. The van der Waals surface area contributed by atoms with E-state index in [1.807, 2.05) is 30.3 Å². The van der Waals surface area contributed by atoms with Gasteiger partial charge in [0.05, 0.1) is 12.6 Å². The van der Waals surface area contributed by atoms with Gasteiger partial charge in [-0.25, -0.2) is 9.59 Å². The van der Waals surface area contributed by atoms with Crippen molar-refractivity contribution in [1.82, 2.24) is 4.90 Å². The zero-order valence-electron chi connectivity index (χ0n) is 16.7. The Hall–Kier alpha value is -2.56. The lowest BCUT2D eigenvalue weighted by molar-refractivity contribution is -0.138. The highest BCUT2D eigenvalue weighted by Crippen LogP contribution is 2.49. The van der Waals surface area contributed by atoms with E-state index in [0.29, 0.717) is 31.6 Å². The number of benzene rings is 1. The van der Waals surface area contributed by atoms with Crippen molar-refractivity contribution in [2.75, 3.05) is 13.2 Å². The molecule has 150 valence electrons. The molecule has 1 aliphatic heterocycles. The SMILES string of the molecule is CCOC(=O)C(C)=C1C(Cc2ccccc2)N(C(=O)O)CCC12C=CCCC2. The predicted molar refractivity (Wildman–Crippen MR) is 108 cm³/mol. The first-order valence-corrected chi connectivity index (χ1v) is 10.1. The van der Waals surface area contributed by atoms with Crippen LogP contribution < -0.4 is 0 Å². The summed E-state index contributed by atoms with van der Waals surface area (Å²) >= 11 is 0. The molecular weight excluding hydrogens is 354 g/mol. The van der Waals surface area contributed by atoms with E-state index in [9.17, 15) is 14.7 Å². The third-order valence-electron chi connectivity index (χ3n) is 5.98. The molecule has 1 spiro atoms. The molecule has 1 saturated heterocycles. The summed E-state index contributed by atoms with van der Waals surface area (Å²) in [5.74, 6) is -0.346. The summed E-state index contributed by atoms with van der Waals surface area (Å²) in [5.41, 5.74) is 2.27. The van der Waals surface area contributed by atoms with Crippen LogP contribution in [0.4, 0.5) is 4.79 Å². The van der Waals surface area contributed by atoms with Crippen molar-refractivity contribution in [3.8, 4) is 0 Å². The second kappa shape index (κ2) is 8.63. The van der Waals surface area contributed by atoms with Crippen molar-refractivity contribution in [1.29, 1.82) is 0 Å². The van der Waals surface area contributed by atoms with Gasteiger partial charge in [-0.05, 0) is 57.1 Å². The van der Waals surface area contributed by atoms with Crippen molar-refractivity contribution in [3.05, 3.63) is 59.2 Å². The van der Waals surface area contributed by atoms with E-state index in [1.54, 1.807) is 13.8 Å². The molecule has 5 heteroatoms. The number of allylic oxidation sites excluding steroid dienone is 2. The Labute approximate surface area is 166 Å².